The zero-order valence-corrected chi connectivity index (χ0v) is 21.8. The van der Waals surface area contributed by atoms with Gasteiger partial charge in [0.15, 0.2) is 6.61 Å². The van der Waals surface area contributed by atoms with Gasteiger partial charge in [0.2, 0.25) is 5.91 Å². The molecule has 0 unspecified atom stereocenters. The van der Waals surface area contributed by atoms with Crippen LogP contribution in [0.4, 0.5) is 0 Å². The molecule has 0 aliphatic rings. The molecule has 0 saturated heterocycles. The maximum Gasteiger partial charge on any atom is 0.261 e. The lowest BCUT2D eigenvalue weighted by molar-refractivity contribution is -0.143. The van der Waals surface area contributed by atoms with Gasteiger partial charge in [-0.1, -0.05) is 52.7 Å². The molecule has 0 aliphatic heterocycles. The average Bonchev–Trinajstić information content (AvgIpc) is 2.70. The van der Waals surface area contributed by atoms with E-state index in [0.29, 0.717) is 18.7 Å². The van der Waals surface area contributed by atoms with Crippen molar-refractivity contribution in [3.8, 4) is 5.75 Å². The largest absolute Gasteiger partial charge is 0.484 e. The Balaban J connectivity index is 2.26. The first-order chi connectivity index (χ1) is 14.9. The predicted molar refractivity (Wildman–Crippen MR) is 133 cm³/mol. The number of hydrogen-bond acceptors (Lipinski definition) is 3. The van der Waals surface area contributed by atoms with Gasteiger partial charge in [-0.25, -0.2) is 0 Å². The van der Waals surface area contributed by atoms with Crippen LogP contribution < -0.4 is 10.1 Å². The molecule has 2 aromatic rings. The number of carbonyl (C=O) groups excluding carboxylic acids is 2. The summed E-state index contributed by atoms with van der Waals surface area (Å²) < 4.78 is 6.88. The summed E-state index contributed by atoms with van der Waals surface area (Å²) in [7, 11) is 0. The fraction of sp³-hybridized carbons (Fsp3) is 0.462. The van der Waals surface area contributed by atoms with E-state index >= 15 is 0 Å². The van der Waals surface area contributed by atoms with Crippen LogP contribution in [0.1, 0.15) is 56.4 Å². The second-order valence-corrected chi connectivity index (χ2v) is 10.1. The number of hydrogen-bond donors (Lipinski definition) is 1. The van der Waals surface area contributed by atoms with Gasteiger partial charge >= 0.3 is 0 Å². The molecule has 0 spiro atoms. The molecule has 0 heterocycles. The minimum absolute atomic E-state index is 0.133. The topological polar surface area (TPSA) is 58.6 Å². The molecular weight excluding hydrogens is 468 g/mol. The van der Waals surface area contributed by atoms with Crippen LogP contribution in [-0.2, 0) is 16.1 Å². The Morgan fingerprint density at radius 3 is 2.12 bits per heavy atom. The quantitative estimate of drug-likeness (QED) is 0.520. The van der Waals surface area contributed by atoms with Gasteiger partial charge in [0.05, 0.1) is 0 Å². The smallest absolute Gasteiger partial charge is 0.261 e. The number of nitrogens with one attached hydrogen (secondary N) is 1. The lowest BCUT2D eigenvalue weighted by Gasteiger charge is -2.33. The van der Waals surface area contributed by atoms with Crippen molar-refractivity contribution in [2.45, 2.75) is 73.0 Å². The summed E-state index contributed by atoms with van der Waals surface area (Å²) in [4.78, 5) is 28.0. The van der Waals surface area contributed by atoms with Crippen molar-refractivity contribution in [3.63, 3.8) is 0 Å². The Kier molecular flexibility index (Phi) is 8.90. The first-order valence-electron chi connectivity index (χ1n) is 11.0. The maximum absolute atomic E-state index is 13.3. The molecule has 0 fully saturated rings. The molecule has 1 N–H and O–H groups in total. The highest BCUT2D eigenvalue weighted by Crippen LogP contribution is 2.26. The standard InChI is InChI=1S/C26H35BrN2O3/c1-8-22(25(31)28-26(5,6)7)29(15-20-11-9-17(2)10-12-20)23(30)16-32-21-13-18(3)24(27)19(4)14-21/h9-14,22H,8,15-16H2,1-7H3,(H,28,31)/t22-/m0/s1. The third kappa shape index (κ3) is 7.37. The SMILES string of the molecule is CC[C@@H](C(=O)NC(C)(C)C)N(Cc1ccc(C)cc1)C(=O)COc1cc(C)c(Br)c(C)c1. The third-order valence-corrected chi connectivity index (χ3v) is 6.38. The number of amides is 2. The number of benzene rings is 2. The predicted octanol–water partition coefficient (Wildman–Crippen LogP) is 5.48. The van der Waals surface area contributed by atoms with Crippen molar-refractivity contribution in [2.24, 2.45) is 0 Å². The second-order valence-electron chi connectivity index (χ2n) is 9.33. The highest BCUT2D eigenvalue weighted by atomic mass is 79.9. The van der Waals surface area contributed by atoms with Gasteiger partial charge in [0, 0.05) is 16.6 Å². The molecule has 5 nitrogen and oxygen atoms in total. The number of rotatable bonds is 8. The van der Waals surface area contributed by atoms with Crippen LogP contribution >= 0.6 is 15.9 Å². The molecule has 6 heteroatoms. The zero-order chi connectivity index (χ0) is 24.1. The highest BCUT2D eigenvalue weighted by molar-refractivity contribution is 9.10. The van der Waals surface area contributed by atoms with Gasteiger partial charge in [-0.15, -0.1) is 0 Å². The summed E-state index contributed by atoms with van der Waals surface area (Å²) >= 11 is 3.55. The Morgan fingerprint density at radius 1 is 1.06 bits per heavy atom. The van der Waals surface area contributed by atoms with Crippen LogP contribution in [0.25, 0.3) is 0 Å². The molecule has 0 radical (unpaired) electrons. The number of aryl methyl sites for hydroxylation is 3. The number of nitrogens with zero attached hydrogens (tertiary/aromatic N) is 1. The van der Waals surface area contributed by atoms with Gasteiger partial charge in [-0.05, 0) is 76.8 Å². The summed E-state index contributed by atoms with van der Waals surface area (Å²) in [5, 5.41) is 3.02. The lowest BCUT2D eigenvalue weighted by atomic mass is 10.1. The molecule has 0 aliphatic carbocycles. The molecule has 0 aromatic heterocycles. The Labute approximate surface area is 200 Å². The molecule has 174 valence electrons. The van der Waals surface area contributed by atoms with Crippen molar-refractivity contribution in [1.82, 2.24) is 10.2 Å². The van der Waals surface area contributed by atoms with E-state index in [0.717, 1.165) is 26.7 Å². The molecule has 2 aromatic carbocycles. The van der Waals surface area contributed by atoms with Gasteiger partial charge in [0.1, 0.15) is 11.8 Å². The summed E-state index contributed by atoms with van der Waals surface area (Å²) in [5.74, 6) is 0.259. The molecule has 2 rings (SSSR count). The van der Waals surface area contributed by atoms with Crippen LogP contribution in [0.5, 0.6) is 5.75 Å². The molecule has 32 heavy (non-hydrogen) atoms. The van der Waals surface area contributed by atoms with Gasteiger partial charge < -0.3 is 15.0 Å². The minimum Gasteiger partial charge on any atom is -0.484 e. The van der Waals surface area contributed by atoms with Crippen LogP contribution in [0.15, 0.2) is 40.9 Å². The number of halogens is 1. The van der Waals surface area contributed by atoms with Crippen LogP contribution in [0.3, 0.4) is 0 Å². The van der Waals surface area contributed by atoms with Crippen molar-refractivity contribution in [3.05, 3.63) is 63.1 Å². The zero-order valence-electron chi connectivity index (χ0n) is 20.2. The number of ether oxygens (including phenoxy) is 1. The molecule has 0 bridgehead atoms. The summed E-state index contributed by atoms with van der Waals surface area (Å²) in [6.45, 7) is 13.9. The Hall–Kier alpha value is -2.34. The van der Waals surface area contributed by atoms with E-state index in [9.17, 15) is 9.59 Å². The van der Waals surface area contributed by atoms with Crippen molar-refractivity contribution in [1.29, 1.82) is 0 Å². The lowest BCUT2D eigenvalue weighted by Crippen LogP contribution is -2.54. The summed E-state index contributed by atoms with van der Waals surface area (Å²) in [5.41, 5.74) is 3.82. The van der Waals surface area contributed by atoms with Gasteiger partial charge in [-0.3, -0.25) is 9.59 Å². The highest BCUT2D eigenvalue weighted by Gasteiger charge is 2.30. The van der Waals surface area contributed by atoms with Gasteiger partial charge in [0.25, 0.3) is 5.91 Å². The monoisotopic (exact) mass is 502 g/mol. The number of carbonyl (C=O) groups is 2. The van der Waals surface area contributed by atoms with E-state index in [1.807, 2.05) is 84.9 Å². The van der Waals surface area contributed by atoms with E-state index in [4.69, 9.17) is 4.74 Å². The van der Waals surface area contributed by atoms with E-state index < -0.39 is 6.04 Å². The van der Waals surface area contributed by atoms with E-state index in [2.05, 4.69) is 21.2 Å². The van der Waals surface area contributed by atoms with Gasteiger partial charge in [-0.2, -0.15) is 0 Å². The summed E-state index contributed by atoms with van der Waals surface area (Å²) in [6.07, 6.45) is 0.510. The first kappa shape index (κ1) is 25.9. The Bertz CT molecular complexity index is 926. The fourth-order valence-electron chi connectivity index (χ4n) is 3.48. The molecule has 0 saturated carbocycles. The van der Waals surface area contributed by atoms with Crippen molar-refractivity contribution in [2.75, 3.05) is 6.61 Å². The summed E-state index contributed by atoms with van der Waals surface area (Å²) in [6, 6.07) is 11.2. The van der Waals surface area contributed by atoms with Crippen molar-refractivity contribution >= 4 is 27.7 Å². The van der Waals surface area contributed by atoms with E-state index in [1.54, 1.807) is 4.90 Å². The van der Waals surface area contributed by atoms with Crippen LogP contribution in [-0.4, -0.2) is 34.9 Å². The third-order valence-electron chi connectivity index (χ3n) is 5.13. The maximum atomic E-state index is 13.3. The molecule has 2 amide bonds. The van der Waals surface area contributed by atoms with Crippen molar-refractivity contribution < 1.29 is 14.3 Å². The molecule has 1 atom stereocenters. The normalized spacial score (nSPS) is 12.2. The van der Waals surface area contributed by atoms with E-state index in [1.165, 1.54) is 0 Å². The average molecular weight is 503 g/mol. The second kappa shape index (κ2) is 11.0. The van der Waals surface area contributed by atoms with Crippen LogP contribution in [0.2, 0.25) is 0 Å². The van der Waals surface area contributed by atoms with Crippen LogP contribution in [0, 0.1) is 20.8 Å². The minimum atomic E-state index is -0.583. The van der Waals surface area contributed by atoms with E-state index in [-0.39, 0.29) is 24.0 Å². The first-order valence-corrected chi connectivity index (χ1v) is 11.8. The Morgan fingerprint density at radius 2 is 1.62 bits per heavy atom. The fourth-order valence-corrected chi connectivity index (χ4v) is 3.71. The molecular formula is C26H35BrN2O3.